The first kappa shape index (κ1) is 11.1. The maximum atomic E-state index is 11.9. The summed E-state index contributed by atoms with van der Waals surface area (Å²) in [6.45, 7) is 2.52. The van der Waals surface area contributed by atoms with E-state index in [1.54, 1.807) is 0 Å². The second kappa shape index (κ2) is 4.63. The zero-order valence-corrected chi connectivity index (χ0v) is 9.35. The van der Waals surface area contributed by atoms with Crippen molar-refractivity contribution in [3.05, 3.63) is 29.8 Å². The van der Waals surface area contributed by atoms with Gasteiger partial charge < -0.3 is 5.73 Å². The van der Waals surface area contributed by atoms with Gasteiger partial charge in [-0.05, 0) is 24.5 Å². The molecule has 0 aromatic heterocycles. The van der Waals surface area contributed by atoms with E-state index in [9.17, 15) is 4.79 Å². The molecule has 1 heterocycles. The van der Waals surface area contributed by atoms with Crippen LogP contribution in [0.3, 0.4) is 0 Å². The average molecular weight is 220 g/mol. The van der Waals surface area contributed by atoms with Crippen LogP contribution >= 0.6 is 0 Å². The first-order valence-corrected chi connectivity index (χ1v) is 5.54. The quantitative estimate of drug-likeness (QED) is 0.834. The molecule has 1 atom stereocenters. The average Bonchev–Trinajstić information content (AvgIpc) is 2.30. The molecule has 1 amide bonds. The lowest BCUT2D eigenvalue weighted by Gasteiger charge is -2.31. The third-order valence-corrected chi connectivity index (χ3v) is 2.59. The lowest BCUT2D eigenvalue weighted by atomic mass is 9.99. The molecule has 4 nitrogen and oxygen atoms in total. The largest absolute Gasteiger partial charge is 0.320 e. The van der Waals surface area contributed by atoms with Crippen LogP contribution in [0, 0.1) is 0 Å². The summed E-state index contributed by atoms with van der Waals surface area (Å²) in [6, 6.07) is 7.20. The monoisotopic (exact) mass is 220 g/mol. The Labute approximate surface area is 94.9 Å². The molecular formula is C12H16N2O2. The molecule has 1 aromatic carbocycles. The summed E-state index contributed by atoms with van der Waals surface area (Å²) >= 11 is 0. The van der Waals surface area contributed by atoms with Gasteiger partial charge in [-0.25, -0.2) is 0 Å². The fourth-order valence-electron chi connectivity index (χ4n) is 1.79. The number of hydroxylamine groups is 1. The van der Waals surface area contributed by atoms with Gasteiger partial charge in [0.15, 0.2) is 0 Å². The minimum atomic E-state index is -0.494. The van der Waals surface area contributed by atoms with Gasteiger partial charge in [-0.2, -0.15) is 5.06 Å². The van der Waals surface area contributed by atoms with Crippen molar-refractivity contribution in [2.75, 3.05) is 11.7 Å². The predicted molar refractivity (Wildman–Crippen MR) is 61.9 cm³/mol. The Morgan fingerprint density at radius 3 is 3.00 bits per heavy atom. The number of hydrogen-bond donors (Lipinski definition) is 1. The molecular weight excluding hydrogens is 204 g/mol. The fourth-order valence-corrected chi connectivity index (χ4v) is 1.79. The number of carbonyl (C=O) groups is 1. The van der Waals surface area contributed by atoms with E-state index in [1.807, 2.05) is 31.2 Å². The maximum Gasteiger partial charge on any atom is 0.268 e. The Kier molecular flexibility index (Phi) is 3.22. The van der Waals surface area contributed by atoms with Crippen LogP contribution in [-0.4, -0.2) is 18.6 Å². The van der Waals surface area contributed by atoms with Crippen LogP contribution in [0.5, 0.6) is 0 Å². The van der Waals surface area contributed by atoms with E-state index >= 15 is 0 Å². The van der Waals surface area contributed by atoms with Gasteiger partial charge in [-0.3, -0.25) is 9.63 Å². The van der Waals surface area contributed by atoms with Crippen LogP contribution in [-0.2, 0) is 16.1 Å². The van der Waals surface area contributed by atoms with E-state index in [2.05, 4.69) is 0 Å². The van der Waals surface area contributed by atoms with Gasteiger partial charge in [0.1, 0.15) is 0 Å². The highest BCUT2D eigenvalue weighted by Crippen LogP contribution is 2.27. The Morgan fingerprint density at radius 2 is 2.25 bits per heavy atom. The summed E-state index contributed by atoms with van der Waals surface area (Å²) in [7, 11) is 0. The summed E-state index contributed by atoms with van der Waals surface area (Å²) in [5.74, 6) is -0.160. The minimum Gasteiger partial charge on any atom is -0.320 e. The summed E-state index contributed by atoms with van der Waals surface area (Å²) in [5, 5.41) is 1.34. The lowest BCUT2D eigenvalue weighted by molar-refractivity contribution is -0.127. The predicted octanol–water partition coefficient (Wildman–Crippen LogP) is 1.24. The summed E-state index contributed by atoms with van der Waals surface area (Å²) in [5.41, 5.74) is 7.67. The third-order valence-electron chi connectivity index (χ3n) is 2.59. The van der Waals surface area contributed by atoms with Crippen molar-refractivity contribution in [2.45, 2.75) is 25.8 Å². The van der Waals surface area contributed by atoms with E-state index in [4.69, 9.17) is 10.6 Å². The molecule has 0 spiro atoms. The molecule has 1 unspecified atom stereocenters. The summed E-state index contributed by atoms with van der Waals surface area (Å²) < 4.78 is 0. The number of benzene rings is 1. The number of anilines is 1. The van der Waals surface area contributed by atoms with Gasteiger partial charge in [-0.1, -0.05) is 25.1 Å². The van der Waals surface area contributed by atoms with E-state index in [1.165, 1.54) is 5.06 Å². The van der Waals surface area contributed by atoms with Gasteiger partial charge in [0.05, 0.1) is 18.3 Å². The zero-order valence-electron chi connectivity index (χ0n) is 9.35. The fraction of sp³-hybridized carbons (Fsp3) is 0.417. The van der Waals surface area contributed by atoms with Gasteiger partial charge in [0.25, 0.3) is 5.91 Å². The molecule has 2 N–H and O–H groups in total. The Morgan fingerprint density at radius 1 is 1.50 bits per heavy atom. The summed E-state index contributed by atoms with van der Waals surface area (Å²) in [6.07, 6.45) is 1.45. The van der Waals surface area contributed by atoms with E-state index in [-0.39, 0.29) is 5.91 Å². The smallest absolute Gasteiger partial charge is 0.268 e. The molecule has 0 saturated carbocycles. The van der Waals surface area contributed by atoms with E-state index < -0.39 is 6.04 Å². The minimum absolute atomic E-state index is 0.160. The zero-order chi connectivity index (χ0) is 11.5. The van der Waals surface area contributed by atoms with Crippen LogP contribution in [0.2, 0.25) is 0 Å². The Balaban J connectivity index is 2.30. The number of carbonyl (C=O) groups excluding carboxylic acids is 1. The van der Waals surface area contributed by atoms with Gasteiger partial charge in [-0.15, -0.1) is 0 Å². The first-order chi connectivity index (χ1) is 7.74. The highest BCUT2D eigenvalue weighted by molar-refractivity contribution is 5.98. The molecule has 0 fully saturated rings. The molecule has 0 saturated heterocycles. The lowest BCUT2D eigenvalue weighted by Crippen LogP contribution is -2.48. The van der Waals surface area contributed by atoms with Crippen molar-refractivity contribution < 1.29 is 9.63 Å². The van der Waals surface area contributed by atoms with Crippen LogP contribution in [0.25, 0.3) is 0 Å². The molecule has 0 radical (unpaired) electrons. The van der Waals surface area contributed by atoms with Crippen molar-refractivity contribution in [1.29, 1.82) is 0 Å². The van der Waals surface area contributed by atoms with Crippen molar-refractivity contribution in [2.24, 2.45) is 5.73 Å². The molecule has 2 rings (SSSR count). The number of hydrogen-bond acceptors (Lipinski definition) is 3. The number of amides is 1. The molecule has 0 aliphatic carbocycles. The van der Waals surface area contributed by atoms with Gasteiger partial charge >= 0.3 is 0 Å². The Bertz CT molecular complexity index is 392. The van der Waals surface area contributed by atoms with Crippen molar-refractivity contribution in [1.82, 2.24) is 0 Å². The van der Waals surface area contributed by atoms with Crippen LogP contribution < -0.4 is 10.8 Å². The van der Waals surface area contributed by atoms with Crippen molar-refractivity contribution in [3.63, 3.8) is 0 Å². The Hall–Kier alpha value is -1.39. The highest BCUT2D eigenvalue weighted by atomic mass is 16.7. The van der Waals surface area contributed by atoms with Crippen molar-refractivity contribution in [3.8, 4) is 0 Å². The second-order valence-corrected chi connectivity index (χ2v) is 3.91. The van der Waals surface area contributed by atoms with Gasteiger partial charge in [0.2, 0.25) is 0 Å². The van der Waals surface area contributed by atoms with Gasteiger partial charge in [0, 0.05) is 0 Å². The molecule has 1 aromatic rings. The number of rotatable bonds is 3. The third kappa shape index (κ3) is 1.94. The molecule has 86 valence electrons. The van der Waals surface area contributed by atoms with Crippen LogP contribution in [0.1, 0.15) is 18.9 Å². The summed E-state index contributed by atoms with van der Waals surface area (Å²) in [4.78, 5) is 17.3. The first-order valence-electron chi connectivity index (χ1n) is 5.54. The van der Waals surface area contributed by atoms with Crippen LogP contribution in [0.4, 0.5) is 5.69 Å². The highest BCUT2D eigenvalue weighted by Gasteiger charge is 2.30. The molecule has 4 heteroatoms. The molecule has 0 bridgehead atoms. The number of nitrogens with zero attached hydrogens (tertiary/aromatic N) is 1. The van der Waals surface area contributed by atoms with E-state index in [0.29, 0.717) is 13.0 Å². The topological polar surface area (TPSA) is 55.6 Å². The molecule has 1 aliphatic heterocycles. The number of fused-ring (bicyclic) bond motifs is 1. The molecule has 16 heavy (non-hydrogen) atoms. The van der Waals surface area contributed by atoms with E-state index in [0.717, 1.165) is 17.7 Å². The normalized spacial score (nSPS) is 19.8. The molecule has 1 aliphatic rings. The number of para-hydroxylation sites is 1. The maximum absolute atomic E-state index is 11.9. The van der Waals surface area contributed by atoms with Crippen molar-refractivity contribution >= 4 is 11.6 Å². The number of nitrogens with two attached hydrogens (primary N) is 1. The van der Waals surface area contributed by atoms with Crippen LogP contribution in [0.15, 0.2) is 24.3 Å². The second-order valence-electron chi connectivity index (χ2n) is 3.91. The standard InChI is InChI=1S/C12H16N2O2/c1-2-7-16-14-11-6-4-3-5-9(11)8-10(13)12(14)15/h3-6,10H,2,7-8,13H2,1H3. The SMILES string of the molecule is CCCON1C(=O)C(N)Cc2ccccc21.